The van der Waals surface area contributed by atoms with Gasteiger partial charge in [-0.05, 0) is 31.6 Å². The Hall–Kier alpha value is -1.10. The van der Waals surface area contributed by atoms with Crippen LogP contribution in [0.2, 0.25) is 0 Å². The van der Waals surface area contributed by atoms with Crippen molar-refractivity contribution >= 4 is 17.3 Å². The third-order valence-corrected chi connectivity index (χ3v) is 3.08. The van der Waals surface area contributed by atoms with Crippen LogP contribution in [-0.4, -0.2) is 32.9 Å². The Kier molecular flexibility index (Phi) is 4.73. The average Bonchev–Trinajstić information content (AvgIpc) is 2.64. The van der Waals surface area contributed by atoms with Gasteiger partial charge in [0.05, 0.1) is 12.2 Å². The van der Waals surface area contributed by atoms with Crippen LogP contribution >= 0.6 is 12.2 Å². The molecule has 0 aliphatic carbocycles. The van der Waals surface area contributed by atoms with E-state index in [0.29, 0.717) is 6.04 Å². The lowest BCUT2D eigenvalue weighted by Gasteiger charge is -2.23. The topological polar surface area (TPSA) is 33.1 Å². The second-order valence-electron chi connectivity index (χ2n) is 4.06. The van der Waals surface area contributed by atoms with Gasteiger partial charge in [0.1, 0.15) is 0 Å². The molecule has 0 saturated heterocycles. The molecule has 0 aliphatic rings. The van der Waals surface area contributed by atoms with E-state index in [0.717, 1.165) is 23.8 Å². The lowest BCUT2D eigenvalue weighted by atomic mass is 10.3. The summed E-state index contributed by atoms with van der Waals surface area (Å²) >= 11 is 5.32. The van der Waals surface area contributed by atoms with E-state index in [1.807, 2.05) is 29.7 Å². The van der Waals surface area contributed by atoms with Crippen molar-refractivity contribution in [2.45, 2.75) is 32.9 Å². The largest absolute Gasteiger partial charge is 0.360 e. The molecule has 1 heterocycles. The van der Waals surface area contributed by atoms with Gasteiger partial charge in [0.2, 0.25) is 0 Å². The number of hydrogen-bond acceptors (Lipinski definition) is 2. The molecule has 0 aromatic carbocycles. The second-order valence-corrected chi connectivity index (χ2v) is 4.45. The van der Waals surface area contributed by atoms with Crippen LogP contribution in [0, 0.1) is 0 Å². The van der Waals surface area contributed by atoms with E-state index in [4.69, 9.17) is 12.2 Å². The van der Waals surface area contributed by atoms with E-state index in [1.54, 1.807) is 6.20 Å². The zero-order chi connectivity index (χ0) is 12.1. The van der Waals surface area contributed by atoms with Crippen molar-refractivity contribution < 1.29 is 0 Å². The summed E-state index contributed by atoms with van der Waals surface area (Å²) < 4.78 is 1.86. The molecule has 0 radical (unpaired) electrons. The SMILES string of the molecule is CCC(C)NC(=S)N(C)Cc1ccnn1C. The Labute approximate surface area is 103 Å². The predicted molar refractivity (Wildman–Crippen MR) is 70.2 cm³/mol. The number of hydrogen-bond donors (Lipinski definition) is 1. The van der Waals surface area contributed by atoms with Crippen molar-refractivity contribution in [3.05, 3.63) is 18.0 Å². The Balaban J connectivity index is 2.49. The molecule has 16 heavy (non-hydrogen) atoms. The summed E-state index contributed by atoms with van der Waals surface area (Å²) in [6.45, 7) is 5.05. The number of nitrogens with one attached hydrogen (secondary N) is 1. The predicted octanol–water partition coefficient (Wildman–Crippen LogP) is 1.52. The minimum Gasteiger partial charge on any atom is -0.360 e. The quantitative estimate of drug-likeness (QED) is 0.809. The summed E-state index contributed by atoms with van der Waals surface area (Å²) in [6.07, 6.45) is 2.87. The van der Waals surface area contributed by atoms with E-state index in [9.17, 15) is 0 Å². The minimum absolute atomic E-state index is 0.418. The Morgan fingerprint density at radius 3 is 2.88 bits per heavy atom. The van der Waals surface area contributed by atoms with Crippen LogP contribution in [-0.2, 0) is 13.6 Å². The standard InChI is InChI=1S/C11H20N4S/c1-5-9(2)13-11(16)14(3)8-10-6-7-12-15(10)4/h6-7,9H,5,8H2,1-4H3,(H,13,16). The van der Waals surface area contributed by atoms with Gasteiger partial charge in [0, 0.05) is 26.3 Å². The molecule has 1 atom stereocenters. The highest BCUT2D eigenvalue weighted by Crippen LogP contribution is 2.02. The van der Waals surface area contributed by atoms with Gasteiger partial charge in [-0.15, -0.1) is 0 Å². The van der Waals surface area contributed by atoms with Gasteiger partial charge in [-0.25, -0.2) is 0 Å². The first-order chi connectivity index (χ1) is 7.54. The summed E-state index contributed by atoms with van der Waals surface area (Å²) in [5, 5.41) is 8.21. The van der Waals surface area contributed by atoms with E-state index in [1.165, 1.54) is 0 Å². The Morgan fingerprint density at radius 1 is 1.69 bits per heavy atom. The molecule has 0 bridgehead atoms. The van der Waals surface area contributed by atoms with Crippen LogP contribution in [0.1, 0.15) is 26.0 Å². The van der Waals surface area contributed by atoms with Gasteiger partial charge in [-0.1, -0.05) is 6.92 Å². The first-order valence-corrected chi connectivity index (χ1v) is 5.94. The molecule has 1 N–H and O–H groups in total. The number of aryl methyl sites for hydroxylation is 1. The highest BCUT2D eigenvalue weighted by molar-refractivity contribution is 7.80. The van der Waals surface area contributed by atoms with Crippen LogP contribution in [0.15, 0.2) is 12.3 Å². The van der Waals surface area contributed by atoms with Gasteiger partial charge < -0.3 is 10.2 Å². The molecule has 1 aromatic rings. The van der Waals surface area contributed by atoms with Crippen LogP contribution in [0.25, 0.3) is 0 Å². The monoisotopic (exact) mass is 240 g/mol. The molecule has 5 heteroatoms. The first kappa shape index (κ1) is 13.0. The second kappa shape index (κ2) is 5.84. The zero-order valence-electron chi connectivity index (χ0n) is 10.4. The molecule has 0 fully saturated rings. The Morgan fingerprint density at radius 2 is 2.38 bits per heavy atom. The van der Waals surface area contributed by atoms with Gasteiger partial charge in [-0.2, -0.15) is 5.10 Å². The van der Waals surface area contributed by atoms with E-state index < -0.39 is 0 Å². The fraction of sp³-hybridized carbons (Fsp3) is 0.636. The Bertz CT molecular complexity index is 348. The first-order valence-electron chi connectivity index (χ1n) is 5.53. The van der Waals surface area contributed by atoms with Crippen molar-refractivity contribution in [3.63, 3.8) is 0 Å². The van der Waals surface area contributed by atoms with E-state index in [-0.39, 0.29) is 0 Å². The van der Waals surface area contributed by atoms with Gasteiger partial charge in [0.25, 0.3) is 0 Å². The van der Waals surface area contributed by atoms with E-state index >= 15 is 0 Å². The molecule has 90 valence electrons. The molecule has 1 rings (SSSR count). The van der Waals surface area contributed by atoms with Gasteiger partial charge in [-0.3, -0.25) is 4.68 Å². The van der Waals surface area contributed by atoms with Crippen molar-refractivity contribution in [2.75, 3.05) is 7.05 Å². The van der Waals surface area contributed by atoms with Gasteiger partial charge in [0.15, 0.2) is 5.11 Å². The average molecular weight is 240 g/mol. The van der Waals surface area contributed by atoms with Crippen LogP contribution in [0.4, 0.5) is 0 Å². The molecular formula is C11H20N4S. The molecule has 0 amide bonds. The summed E-state index contributed by atoms with van der Waals surface area (Å²) in [4.78, 5) is 2.03. The van der Waals surface area contributed by atoms with Crippen LogP contribution in [0.5, 0.6) is 0 Å². The van der Waals surface area contributed by atoms with Crippen molar-refractivity contribution in [1.82, 2.24) is 20.0 Å². The molecule has 0 aliphatic heterocycles. The van der Waals surface area contributed by atoms with Crippen LogP contribution < -0.4 is 5.32 Å². The summed E-state index contributed by atoms with van der Waals surface area (Å²) in [5.41, 5.74) is 1.15. The highest BCUT2D eigenvalue weighted by atomic mass is 32.1. The molecule has 0 saturated carbocycles. The number of aromatic nitrogens is 2. The lowest BCUT2D eigenvalue weighted by Crippen LogP contribution is -2.41. The number of thiocarbonyl (C=S) groups is 1. The third kappa shape index (κ3) is 3.48. The van der Waals surface area contributed by atoms with Crippen molar-refractivity contribution in [1.29, 1.82) is 0 Å². The van der Waals surface area contributed by atoms with Gasteiger partial charge >= 0.3 is 0 Å². The fourth-order valence-electron chi connectivity index (χ4n) is 1.29. The summed E-state index contributed by atoms with van der Waals surface area (Å²) in [6, 6.07) is 2.42. The molecule has 4 nitrogen and oxygen atoms in total. The van der Waals surface area contributed by atoms with Crippen molar-refractivity contribution in [3.8, 4) is 0 Å². The molecule has 1 unspecified atom stereocenters. The smallest absolute Gasteiger partial charge is 0.169 e. The molecular weight excluding hydrogens is 220 g/mol. The fourth-order valence-corrected chi connectivity index (χ4v) is 1.56. The molecule has 0 spiro atoms. The lowest BCUT2D eigenvalue weighted by molar-refractivity contribution is 0.455. The summed E-state index contributed by atoms with van der Waals surface area (Å²) in [5.74, 6) is 0. The number of rotatable bonds is 4. The zero-order valence-corrected chi connectivity index (χ0v) is 11.2. The summed E-state index contributed by atoms with van der Waals surface area (Å²) in [7, 11) is 3.93. The van der Waals surface area contributed by atoms with Crippen LogP contribution in [0.3, 0.4) is 0 Å². The maximum absolute atomic E-state index is 5.32. The van der Waals surface area contributed by atoms with Crippen molar-refractivity contribution in [2.24, 2.45) is 7.05 Å². The highest BCUT2D eigenvalue weighted by Gasteiger charge is 2.09. The van der Waals surface area contributed by atoms with E-state index in [2.05, 4.69) is 24.3 Å². The molecule has 1 aromatic heterocycles. The number of nitrogens with zero attached hydrogens (tertiary/aromatic N) is 3. The third-order valence-electron chi connectivity index (χ3n) is 2.65. The normalized spacial score (nSPS) is 12.2. The maximum Gasteiger partial charge on any atom is 0.169 e. The maximum atomic E-state index is 5.32. The minimum atomic E-state index is 0.418.